The molecule has 0 unspecified atom stereocenters. The molecule has 0 heterocycles. The molecule has 0 fully saturated rings. The predicted molar refractivity (Wildman–Crippen MR) is 114 cm³/mol. The predicted octanol–water partition coefficient (Wildman–Crippen LogP) is 1.43. The van der Waals surface area contributed by atoms with Crippen LogP contribution >= 0.6 is 0 Å². The summed E-state index contributed by atoms with van der Waals surface area (Å²) in [7, 11) is 0. The van der Waals surface area contributed by atoms with Crippen molar-refractivity contribution in [1.29, 1.82) is 0 Å². The summed E-state index contributed by atoms with van der Waals surface area (Å²) in [6.45, 7) is 0. The molecule has 3 heteroatoms. The summed E-state index contributed by atoms with van der Waals surface area (Å²) in [4.78, 5) is 0. The fraction of sp³-hybridized carbons (Fsp3) is 0. The zero-order chi connectivity index (χ0) is 17.3. The molecule has 0 aromatic heterocycles. The molecule has 0 nitrogen and oxygen atoms in total. The number of hydrogen-bond acceptors (Lipinski definition) is 0. The van der Waals surface area contributed by atoms with Gasteiger partial charge in [0.15, 0.2) is 0 Å². The van der Waals surface area contributed by atoms with Crippen molar-refractivity contribution in [3.05, 3.63) is 109 Å². The van der Waals surface area contributed by atoms with Crippen molar-refractivity contribution in [2.24, 2.45) is 0 Å². The van der Waals surface area contributed by atoms with Crippen LogP contribution in [0.4, 0.5) is 0 Å². The van der Waals surface area contributed by atoms with Gasteiger partial charge in [-0.25, -0.2) is 0 Å². The van der Waals surface area contributed by atoms with Crippen molar-refractivity contribution < 1.29 is 50.7 Å². The molecule has 0 amide bonds. The summed E-state index contributed by atoms with van der Waals surface area (Å²) in [6, 6.07) is 38.5. The third-order valence-corrected chi connectivity index (χ3v) is 5.05. The molecule has 0 atom stereocenters. The first-order valence-electron chi connectivity index (χ1n) is 8.96. The molecule has 140 valence electrons. The van der Waals surface area contributed by atoms with Crippen molar-refractivity contribution in [2.75, 3.05) is 0 Å². The monoisotopic (exact) mass is 580 g/mol. The maximum atomic E-state index is 2.24. The quantitative estimate of drug-likeness (QED) is 0.189. The molecule has 6 aromatic carbocycles. The van der Waals surface area contributed by atoms with Crippen LogP contribution in [0.25, 0.3) is 43.1 Å². The van der Waals surface area contributed by atoms with Gasteiger partial charge in [0.05, 0.1) is 0 Å². The second-order valence-electron chi connectivity index (χ2n) is 6.64. The molecule has 0 radical (unpaired) electrons. The summed E-state index contributed by atoms with van der Waals surface area (Å²) in [5, 5.41) is 10.8. The average Bonchev–Trinajstić information content (AvgIpc) is 3.27. The fourth-order valence-electron chi connectivity index (χ4n) is 3.81. The van der Waals surface area contributed by atoms with E-state index in [0.717, 1.165) is 0 Å². The van der Waals surface area contributed by atoms with Crippen molar-refractivity contribution in [2.45, 2.75) is 0 Å². The van der Waals surface area contributed by atoms with Gasteiger partial charge in [0.1, 0.15) is 0 Å². The van der Waals surface area contributed by atoms with Crippen LogP contribution in [-0.4, -0.2) is 0 Å². The Labute approximate surface area is 201 Å². The second kappa shape index (κ2) is 10.2. The number of fused-ring (bicyclic) bond motifs is 6. The summed E-state index contributed by atoms with van der Waals surface area (Å²) < 4.78 is 0. The molecule has 0 saturated heterocycles. The molecular formula is C26H18Cl2Hf. The van der Waals surface area contributed by atoms with Gasteiger partial charge >= 0.3 is 25.8 Å². The van der Waals surface area contributed by atoms with Gasteiger partial charge in [-0.1, -0.05) is 72.8 Å². The van der Waals surface area contributed by atoms with Crippen molar-refractivity contribution >= 4 is 43.1 Å². The Morgan fingerprint density at radius 1 is 0.345 bits per heavy atom. The number of benzene rings is 4. The van der Waals surface area contributed by atoms with Crippen LogP contribution in [-0.2, 0) is 25.8 Å². The third kappa shape index (κ3) is 4.48. The Balaban J connectivity index is 0.000000187. The largest absolute Gasteiger partial charge is 4.00 e. The Hall–Kier alpha value is -1.93. The van der Waals surface area contributed by atoms with E-state index < -0.39 is 0 Å². The molecule has 29 heavy (non-hydrogen) atoms. The van der Waals surface area contributed by atoms with Gasteiger partial charge in [-0.15, -0.1) is 79.5 Å². The Kier molecular flexibility index (Phi) is 8.22. The summed E-state index contributed by atoms with van der Waals surface area (Å²) in [5.74, 6) is 0. The summed E-state index contributed by atoms with van der Waals surface area (Å²) >= 11 is 0. The van der Waals surface area contributed by atoms with E-state index in [-0.39, 0.29) is 50.7 Å². The Bertz CT molecular complexity index is 1140. The van der Waals surface area contributed by atoms with E-state index in [1.54, 1.807) is 0 Å². The second-order valence-corrected chi connectivity index (χ2v) is 6.64. The van der Waals surface area contributed by atoms with Crippen LogP contribution in [0.1, 0.15) is 0 Å². The molecule has 6 rings (SSSR count). The maximum absolute atomic E-state index is 2.24. The van der Waals surface area contributed by atoms with Crippen LogP contribution in [0.15, 0.2) is 109 Å². The average molecular weight is 580 g/mol. The van der Waals surface area contributed by atoms with Crippen molar-refractivity contribution in [3.8, 4) is 0 Å². The van der Waals surface area contributed by atoms with Crippen LogP contribution in [0.3, 0.4) is 0 Å². The molecule has 0 bridgehead atoms. The van der Waals surface area contributed by atoms with Crippen molar-refractivity contribution in [1.82, 2.24) is 0 Å². The topological polar surface area (TPSA) is 0 Å². The minimum Gasteiger partial charge on any atom is -1.00 e. The minimum absolute atomic E-state index is 0. The van der Waals surface area contributed by atoms with E-state index >= 15 is 0 Å². The zero-order valence-electron chi connectivity index (χ0n) is 15.6. The molecule has 6 aromatic rings. The van der Waals surface area contributed by atoms with Crippen molar-refractivity contribution in [3.63, 3.8) is 0 Å². The van der Waals surface area contributed by atoms with Gasteiger partial charge in [0.2, 0.25) is 0 Å². The molecule has 0 aliphatic heterocycles. The first-order valence-corrected chi connectivity index (χ1v) is 8.96. The van der Waals surface area contributed by atoms with Gasteiger partial charge in [-0.05, 0) is 0 Å². The van der Waals surface area contributed by atoms with Gasteiger partial charge in [0.25, 0.3) is 0 Å². The first kappa shape index (κ1) is 23.4. The van der Waals surface area contributed by atoms with E-state index in [1.807, 2.05) is 0 Å². The van der Waals surface area contributed by atoms with Gasteiger partial charge in [-0.3, -0.25) is 0 Å². The SMILES string of the molecule is [Cl-].[Cl-].[Hf+4].c1ccc2c(c1)[cH-]c1ccccc12.c1ccc2c(c1)[cH-]c1ccccc12. The van der Waals surface area contributed by atoms with E-state index in [9.17, 15) is 0 Å². The molecule has 0 N–H and O–H groups in total. The van der Waals surface area contributed by atoms with Gasteiger partial charge in [-0.2, -0.15) is 0 Å². The van der Waals surface area contributed by atoms with Gasteiger partial charge in [0, 0.05) is 0 Å². The van der Waals surface area contributed by atoms with Crippen LogP contribution < -0.4 is 24.8 Å². The van der Waals surface area contributed by atoms with Crippen LogP contribution in [0.2, 0.25) is 0 Å². The van der Waals surface area contributed by atoms with E-state index in [2.05, 4.69) is 109 Å². The number of rotatable bonds is 0. The van der Waals surface area contributed by atoms with Crippen LogP contribution in [0, 0.1) is 0 Å². The molecule has 0 saturated carbocycles. The van der Waals surface area contributed by atoms with E-state index in [1.165, 1.54) is 43.1 Å². The smallest absolute Gasteiger partial charge is 1.00 e. The summed E-state index contributed by atoms with van der Waals surface area (Å²) in [5.41, 5.74) is 0. The fourth-order valence-corrected chi connectivity index (χ4v) is 3.81. The number of halogens is 2. The van der Waals surface area contributed by atoms with Gasteiger partial charge < -0.3 is 24.8 Å². The Morgan fingerprint density at radius 3 is 0.793 bits per heavy atom. The zero-order valence-corrected chi connectivity index (χ0v) is 20.8. The Morgan fingerprint density at radius 2 is 0.552 bits per heavy atom. The molecule has 0 spiro atoms. The molecule has 0 aliphatic carbocycles. The van der Waals surface area contributed by atoms with E-state index in [0.29, 0.717) is 0 Å². The molecular weight excluding hydrogens is 562 g/mol. The standard InChI is InChI=1S/2C13H9.2ClH.Hf/c2*1-3-7-12-10(5-1)9-11-6-2-4-8-13(11)12;;;/h2*1-9H;2*1H;/q2*-1;;;+4/p-2. The van der Waals surface area contributed by atoms with E-state index in [4.69, 9.17) is 0 Å². The summed E-state index contributed by atoms with van der Waals surface area (Å²) in [6.07, 6.45) is 0. The minimum atomic E-state index is 0. The normalized spacial score (nSPS) is 9.93. The maximum Gasteiger partial charge on any atom is 4.00 e. The third-order valence-electron chi connectivity index (χ3n) is 5.05. The molecule has 0 aliphatic rings. The first-order chi connectivity index (χ1) is 12.9. The number of hydrogen-bond donors (Lipinski definition) is 0. The van der Waals surface area contributed by atoms with Crippen LogP contribution in [0.5, 0.6) is 0 Å².